The lowest BCUT2D eigenvalue weighted by Crippen LogP contribution is -2.53. The van der Waals surface area contributed by atoms with Crippen LogP contribution >= 0.6 is 23.6 Å². The van der Waals surface area contributed by atoms with Crippen molar-refractivity contribution in [2.45, 2.75) is 0 Å². The fraction of sp³-hybridized carbons (Fsp3) is 0.0625. The molecular weight excluding hydrogens is 330 g/mol. The Morgan fingerprint density at radius 1 is 1.30 bits per heavy atom. The fourth-order valence-electron chi connectivity index (χ4n) is 2.25. The first kappa shape index (κ1) is 15.4. The van der Waals surface area contributed by atoms with Crippen LogP contribution in [0.1, 0.15) is 4.88 Å². The van der Waals surface area contributed by atoms with Gasteiger partial charge in [-0.1, -0.05) is 6.08 Å². The number of carbonyl (C=O) groups is 2. The van der Waals surface area contributed by atoms with Crippen molar-refractivity contribution in [3.05, 3.63) is 59.1 Å². The van der Waals surface area contributed by atoms with Crippen LogP contribution in [0.25, 0.3) is 11.8 Å². The number of aromatic nitrogens is 1. The van der Waals surface area contributed by atoms with E-state index in [1.807, 2.05) is 40.5 Å². The summed E-state index contributed by atoms with van der Waals surface area (Å²) in [5, 5.41) is 4.56. The first-order valence-corrected chi connectivity index (χ1v) is 8.11. The van der Waals surface area contributed by atoms with Crippen LogP contribution in [0, 0.1) is 0 Å². The van der Waals surface area contributed by atoms with Crippen LogP contribution in [0.4, 0.5) is 0 Å². The highest BCUT2D eigenvalue weighted by molar-refractivity contribution is 7.80. The molecule has 1 fully saturated rings. The number of carbonyl (C=O) groups excluding carboxylic acids is 2. The lowest BCUT2D eigenvalue weighted by atomic mass is 10.1. The van der Waals surface area contributed by atoms with E-state index in [9.17, 15) is 9.59 Å². The molecule has 0 bridgehead atoms. The fourth-order valence-corrected chi connectivity index (χ4v) is 3.32. The zero-order valence-electron chi connectivity index (χ0n) is 12.1. The average Bonchev–Trinajstić information content (AvgIpc) is 3.18. The Hall–Kier alpha value is -2.51. The first-order chi connectivity index (χ1) is 11.1. The molecule has 1 N–H and O–H groups in total. The third-order valence-electron chi connectivity index (χ3n) is 3.33. The van der Waals surface area contributed by atoms with Gasteiger partial charge in [-0.15, -0.1) is 17.9 Å². The Morgan fingerprint density at radius 2 is 2.04 bits per heavy atom. The number of hydrogen-bond acceptors (Lipinski definition) is 4. The van der Waals surface area contributed by atoms with Crippen molar-refractivity contribution in [2.24, 2.45) is 0 Å². The molecule has 2 aromatic rings. The van der Waals surface area contributed by atoms with Gasteiger partial charge in [0.05, 0.1) is 10.6 Å². The van der Waals surface area contributed by atoms with Gasteiger partial charge < -0.3 is 4.57 Å². The first-order valence-electron chi connectivity index (χ1n) is 6.82. The number of amides is 2. The molecule has 0 spiro atoms. The van der Waals surface area contributed by atoms with Crippen LogP contribution in [0.15, 0.2) is 54.2 Å². The second-order valence-electron chi connectivity index (χ2n) is 4.78. The Balaban J connectivity index is 2.00. The largest absolute Gasteiger partial charge is 0.322 e. The molecule has 0 aliphatic carbocycles. The molecular formula is C16H13N3O2S2. The summed E-state index contributed by atoms with van der Waals surface area (Å²) in [7, 11) is 0. The quantitative estimate of drug-likeness (QED) is 0.401. The average molecular weight is 343 g/mol. The highest BCUT2D eigenvalue weighted by atomic mass is 32.1. The summed E-state index contributed by atoms with van der Waals surface area (Å²) in [6.45, 7) is 3.86. The van der Waals surface area contributed by atoms with E-state index in [4.69, 9.17) is 12.2 Å². The standard InChI is InChI=1S/C16H13N3O2S2/c1-2-6-19-15(21)11(14(20)17-16(19)22)10-13-12(5-9-23-13)18-7-3-4-8-18/h2-5,7-10H,1,6H2,(H,17,20,22)/b11-10+. The highest BCUT2D eigenvalue weighted by Gasteiger charge is 2.32. The van der Waals surface area contributed by atoms with Gasteiger partial charge in [-0.25, -0.2) is 0 Å². The molecule has 3 heterocycles. The molecule has 0 aromatic carbocycles. The van der Waals surface area contributed by atoms with E-state index in [-0.39, 0.29) is 17.2 Å². The second kappa shape index (κ2) is 6.31. The Morgan fingerprint density at radius 3 is 2.74 bits per heavy atom. The predicted molar refractivity (Wildman–Crippen MR) is 94.3 cm³/mol. The van der Waals surface area contributed by atoms with Crippen LogP contribution in [-0.4, -0.2) is 32.9 Å². The van der Waals surface area contributed by atoms with Crippen LogP contribution in [0.2, 0.25) is 0 Å². The summed E-state index contributed by atoms with van der Waals surface area (Å²) >= 11 is 6.49. The van der Waals surface area contributed by atoms with Crippen molar-refractivity contribution in [1.82, 2.24) is 14.8 Å². The van der Waals surface area contributed by atoms with E-state index >= 15 is 0 Å². The number of thiophene rings is 1. The predicted octanol–water partition coefficient (Wildman–Crippen LogP) is 2.35. The zero-order chi connectivity index (χ0) is 16.4. The summed E-state index contributed by atoms with van der Waals surface area (Å²) in [5.74, 6) is -0.891. The lowest BCUT2D eigenvalue weighted by Gasteiger charge is -2.27. The highest BCUT2D eigenvalue weighted by Crippen LogP contribution is 2.25. The number of hydrogen-bond donors (Lipinski definition) is 1. The number of nitrogens with one attached hydrogen (secondary N) is 1. The monoisotopic (exact) mass is 343 g/mol. The summed E-state index contributed by atoms with van der Waals surface area (Å²) < 4.78 is 1.93. The van der Waals surface area contributed by atoms with Crippen LogP contribution < -0.4 is 5.32 Å². The summed E-state index contributed by atoms with van der Waals surface area (Å²) in [4.78, 5) is 26.8. The topological polar surface area (TPSA) is 54.3 Å². The molecule has 0 unspecified atom stereocenters. The normalized spacial score (nSPS) is 16.8. The lowest BCUT2D eigenvalue weighted by molar-refractivity contribution is -0.128. The van der Waals surface area contributed by atoms with E-state index in [0.717, 1.165) is 10.6 Å². The maximum Gasteiger partial charge on any atom is 0.265 e. The van der Waals surface area contributed by atoms with Crippen molar-refractivity contribution < 1.29 is 9.59 Å². The molecule has 1 saturated heterocycles. The van der Waals surface area contributed by atoms with Gasteiger partial charge in [0.2, 0.25) is 0 Å². The summed E-state index contributed by atoms with van der Waals surface area (Å²) in [6, 6.07) is 5.77. The molecule has 0 saturated carbocycles. The number of nitrogens with zero attached hydrogens (tertiary/aromatic N) is 2. The van der Waals surface area contributed by atoms with E-state index in [1.54, 1.807) is 12.2 Å². The van der Waals surface area contributed by atoms with Crippen molar-refractivity contribution in [3.8, 4) is 5.69 Å². The molecule has 116 valence electrons. The molecule has 1 aliphatic heterocycles. The van der Waals surface area contributed by atoms with Gasteiger partial charge in [0.15, 0.2) is 5.11 Å². The number of rotatable bonds is 4. The maximum absolute atomic E-state index is 12.5. The molecule has 3 rings (SSSR count). The van der Waals surface area contributed by atoms with Crippen molar-refractivity contribution in [2.75, 3.05) is 6.54 Å². The minimum atomic E-state index is -0.479. The minimum Gasteiger partial charge on any atom is -0.322 e. The Labute approximate surface area is 142 Å². The molecule has 1 aliphatic rings. The molecule has 0 atom stereocenters. The molecule has 5 nitrogen and oxygen atoms in total. The summed E-state index contributed by atoms with van der Waals surface area (Å²) in [5.41, 5.74) is 0.979. The Bertz CT molecular complexity index is 818. The van der Waals surface area contributed by atoms with Crippen LogP contribution in [0.3, 0.4) is 0 Å². The van der Waals surface area contributed by atoms with Gasteiger partial charge in [-0.3, -0.25) is 19.8 Å². The molecule has 7 heteroatoms. The van der Waals surface area contributed by atoms with Gasteiger partial charge in [-0.05, 0) is 41.9 Å². The molecule has 0 radical (unpaired) electrons. The molecule has 2 aromatic heterocycles. The van der Waals surface area contributed by atoms with Gasteiger partial charge in [-0.2, -0.15) is 0 Å². The second-order valence-corrected chi connectivity index (χ2v) is 6.12. The van der Waals surface area contributed by atoms with Gasteiger partial charge >= 0.3 is 0 Å². The zero-order valence-corrected chi connectivity index (χ0v) is 13.7. The van der Waals surface area contributed by atoms with E-state index in [2.05, 4.69) is 11.9 Å². The smallest absolute Gasteiger partial charge is 0.265 e. The van der Waals surface area contributed by atoms with Gasteiger partial charge in [0, 0.05) is 18.9 Å². The maximum atomic E-state index is 12.5. The SMILES string of the molecule is C=CCN1C(=O)/C(=C/c2sccc2-n2cccc2)C(=O)NC1=S. The van der Waals surface area contributed by atoms with Crippen LogP contribution in [-0.2, 0) is 9.59 Å². The van der Waals surface area contributed by atoms with Crippen molar-refractivity contribution in [1.29, 1.82) is 0 Å². The third-order valence-corrected chi connectivity index (χ3v) is 4.50. The molecule has 23 heavy (non-hydrogen) atoms. The van der Waals surface area contributed by atoms with E-state index < -0.39 is 11.8 Å². The number of thiocarbonyl (C=S) groups is 1. The van der Waals surface area contributed by atoms with E-state index in [0.29, 0.717) is 0 Å². The van der Waals surface area contributed by atoms with Gasteiger partial charge in [0.25, 0.3) is 11.8 Å². The van der Waals surface area contributed by atoms with Gasteiger partial charge in [0.1, 0.15) is 5.57 Å². The Kier molecular flexibility index (Phi) is 4.22. The van der Waals surface area contributed by atoms with Crippen molar-refractivity contribution in [3.63, 3.8) is 0 Å². The minimum absolute atomic E-state index is 0.0660. The summed E-state index contributed by atoms with van der Waals surface area (Å²) in [6.07, 6.45) is 6.99. The van der Waals surface area contributed by atoms with Crippen LogP contribution in [0.5, 0.6) is 0 Å². The molecule has 2 amide bonds. The van der Waals surface area contributed by atoms with E-state index in [1.165, 1.54) is 16.2 Å². The third kappa shape index (κ3) is 2.88. The van der Waals surface area contributed by atoms with Crippen molar-refractivity contribution >= 4 is 46.6 Å².